The molecule has 3 aromatic rings. The number of nitrogens with two attached hydrogens (primary N) is 1. The van der Waals surface area contributed by atoms with E-state index in [1.165, 1.54) is 32.3 Å². The normalized spacial score (nSPS) is 17.1. The highest BCUT2D eigenvalue weighted by atomic mass is 19.4. The number of rotatable bonds is 5. The van der Waals surface area contributed by atoms with Gasteiger partial charge in [-0.05, 0) is 62.1 Å². The summed E-state index contributed by atoms with van der Waals surface area (Å²) in [6, 6.07) is 5.40. The summed E-state index contributed by atoms with van der Waals surface area (Å²) >= 11 is 0. The molecule has 2 aromatic carbocycles. The Kier molecular flexibility index (Phi) is 14.8. The van der Waals surface area contributed by atoms with Crippen LogP contribution in [0.15, 0.2) is 48.8 Å². The fourth-order valence-corrected chi connectivity index (χ4v) is 5.12. The first-order valence-electron chi connectivity index (χ1n) is 14.6. The summed E-state index contributed by atoms with van der Waals surface area (Å²) in [5.41, 5.74) is -7.85. The molecule has 1 aliphatic heterocycles. The van der Waals surface area contributed by atoms with E-state index in [0.29, 0.717) is 30.0 Å². The Morgan fingerprint density at radius 1 is 0.577 bits per heavy atom. The average molecular weight is 777 g/mol. The molecule has 0 spiro atoms. The lowest BCUT2D eigenvalue weighted by atomic mass is 9.90. The number of methoxy groups -OCH3 is 2. The lowest BCUT2D eigenvalue weighted by molar-refractivity contribution is -0.349. The maximum atomic E-state index is 14.1. The van der Waals surface area contributed by atoms with Gasteiger partial charge in [0.2, 0.25) is 0 Å². The molecule has 0 saturated carbocycles. The molecular weight excluding hydrogens is 738 g/mol. The highest BCUT2D eigenvalue weighted by Crippen LogP contribution is 2.55. The van der Waals surface area contributed by atoms with E-state index in [4.69, 9.17) is 19.9 Å². The summed E-state index contributed by atoms with van der Waals surface area (Å²) in [7, 11) is 3.28. The average Bonchev–Trinajstić information content (AvgIpc) is 3.69. The van der Waals surface area contributed by atoms with Gasteiger partial charge in [0.15, 0.2) is 12.6 Å². The number of nitrogens with zero attached hydrogens (tertiary/aromatic N) is 1. The van der Waals surface area contributed by atoms with E-state index in [1.54, 1.807) is 38.7 Å². The largest absolute Gasteiger partial charge is 0.435 e. The number of alkyl halides is 14. The first-order valence-corrected chi connectivity index (χ1v) is 14.6. The van der Waals surface area contributed by atoms with Crippen molar-refractivity contribution < 1.29 is 75.7 Å². The summed E-state index contributed by atoms with van der Waals surface area (Å²) in [6.45, 7) is 5.08. The zero-order valence-electron chi connectivity index (χ0n) is 27.7. The minimum Gasteiger partial charge on any atom is -0.398 e. The van der Waals surface area contributed by atoms with Crippen LogP contribution in [0.1, 0.15) is 53.6 Å². The van der Waals surface area contributed by atoms with Gasteiger partial charge in [-0.3, -0.25) is 0 Å². The quantitative estimate of drug-likeness (QED) is 0.207. The molecule has 1 saturated heterocycles. The van der Waals surface area contributed by atoms with E-state index >= 15 is 0 Å². The van der Waals surface area contributed by atoms with E-state index in [1.807, 2.05) is 0 Å². The van der Waals surface area contributed by atoms with Crippen molar-refractivity contribution in [3.05, 3.63) is 82.2 Å². The second kappa shape index (κ2) is 16.6. The lowest BCUT2D eigenvalue weighted by Gasteiger charge is -2.31. The van der Waals surface area contributed by atoms with Crippen LogP contribution in [0.3, 0.4) is 0 Å². The van der Waals surface area contributed by atoms with E-state index in [-0.39, 0.29) is 47.9 Å². The third kappa shape index (κ3) is 9.50. The number of anilines is 1. The Morgan fingerprint density at radius 2 is 0.865 bits per heavy atom. The van der Waals surface area contributed by atoms with Crippen molar-refractivity contribution in [2.24, 2.45) is 0 Å². The number of hydrogen-bond donors (Lipinski definition) is 1. The van der Waals surface area contributed by atoms with Gasteiger partial charge in [0.1, 0.15) is 0 Å². The molecule has 2 unspecified atom stereocenters. The second-order valence-electron chi connectivity index (χ2n) is 11.4. The standard InChI is InChI=1S/C15H12F7N.C11H10F7N.C6H12O3.CH4/c1-9-7-11(13(16,14(17,18)19)15(20,21)22)8-10(2)12(9)23-5-3-4-6-23;1-5-3-7(4-6(2)8(5)19)9(12,10(13,14)15)11(16,17)18;1-7-5-3-4-6(8-2)9-5;/h3-8H,1-2H3;3-4H,19H2,1-2H3;5-6H,3-4H2,1-2H3;1H4. The molecule has 5 nitrogen and oxygen atoms in total. The summed E-state index contributed by atoms with van der Waals surface area (Å²) in [6.07, 6.45) is -19.5. The molecule has 4 rings (SSSR count). The van der Waals surface area contributed by atoms with Crippen LogP contribution in [0.5, 0.6) is 0 Å². The number of halogens is 14. The molecule has 2 heterocycles. The van der Waals surface area contributed by atoms with Crippen LogP contribution < -0.4 is 5.73 Å². The Labute approximate surface area is 290 Å². The number of ether oxygens (including phenoxy) is 3. The van der Waals surface area contributed by atoms with E-state index in [0.717, 1.165) is 12.8 Å². The predicted molar refractivity (Wildman–Crippen MR) is 164 cm³/mol. The van der Waals surface area contributed by atoms with Gasteiger partial charge in [0.25, 0.3) is 0 Å². The van der Waals surface area contributed by atoms with Gasteiger partial charge >= 0.3 is 36.0 Å². The monoisotopic (exact) mass is 776 g/mol. The molecule has 0 bridgehead atoms. The molecule has 1 fully saturated rings. The maximum Gasteiger partial charge on any atom is 0.435 e. The van der Waals surface area contributed by atoms with Crippen molar-refractivity contribution in [1.82, 2.24) is 4.57 Å². The minimum absolute atomic E-state index is 0. The highest BCUT2D eigenvalue weighted by molar-refractivity contribution is 5.56. The molecule has 1 aliphatic rings. The number of benzene rings is 2. The Morgan fingerprint density at radius 3 is 1.12 bits per heavy atom. The maximum absolute atomic E-state index is 14.1. The molecule has 52 heavy (non-hydrogen) atoms. The van der Waals surface area contributed by atoms with Crippen LogP contribution in [0.2, 0.25) is 0 Å². The van der Waals surface area contributed by atoms with Crippen LogP contribution in [0.4, 0.5) is 67.2 Å². The predicted octanol–water partition coefficient (Wildman–Crippen LogP) is 10.9. The number of nitrogen functional groups attached to an aromatic ring is 1. The molecule has 2 atom stereocenters. The molecule has 19 heteroatoms. The molecular formula is C33H38F14N2O3. The van der Waals surface area contributed by atoms with Crippen molar-refractivity contribution in [2.75, 3.05) is 20.0 Å². The lowest BCUT2D eigenvalue weighted by Crippen LogP contribution is -2.50. The van der Waals surface area contributed by atoms with Gasteiger partial charge in [-0.2, -0.15) is 52.7 Å². The number of hydrogen-bond acceptors (Lipinski definition) is 4. The van der Waals surface area contributed by atoms with Crippen LogP contribution in [-0.2, 0) is 25.5 Å². The van der Waals surface area contributed by atoms with Gasteiger partial charge in [-0.25, -0.2) is 8.78 Å². The summed E-state index contributed by atoms with van der Waals surface area (Å²) in [5.74, 6) is 0. The van der Waals surface area contributed by atoms with Crippen LogP contribution in [-0.4, -0.2) is 56.1 Å². The third-order valence-electron chi connectivity index (χ3n) is 7.77. The fraction of sp³-hybridized carbons (Fsp3) is 0.515. The Bertz CT molecular complexity index is 1510. The molecule has 1 aromatic heterocycles. The zero-order valence-corrected chi connectivity index (χ0v) is 27.7. The van der Waals surface area contributed by atoms with Gasteiger partial charge in [0.05, 0.1) is 5.69 Å². The second-order valence-corrected chi connectivity index (χ2v) is 11.4. The third-order valence-corrected chi connectivity index (χ3v) is 7.77. The highest BCUT2D eigenvalue weighted by Gasteiger charge is 2.74. The van der Waals surface area contributed by atoms with Crippen LogP contribution in [0.25, 0.3) is 5.69 Å². The molecule has 0 aliphatic carbocycles. The van der Waals surface area contributed by atoms with Crippen molar-refractivity contribution in [3.8, 4) is 5.69 Å². The van der Waals surface area contributed by atoms with E-state index in [9.17, 15) is 61.5 Å². The van der Waals surface area contributed by atoms with Crippen molar-refractivity contribution in [2.45, 2.75) is 96.6 Å². The molecule has 0 radical (unpaired) electrons. The fourth-order valence-electron chi connectivity index (χ4n) is 5.12. The number of aromatic nitrogens is 1. The van der Waals surface area contributed by atoms with Crippen molar-refractivity contribution >= 4 is 5.69 Å². The first-order chi connectivity index (χ1) is 23.1. The van der Waals surface area contributed by atoms with Crippen molar-refractivity contribution in [1.29, 1.82) is 0 Å². The van der Waals surface area contributed by atoms with Gasteiger partial charge in [0, 0.05) is 56.3 Å². The zero-order chi connectivity index (χ0) is 39.5. The Hall–Kier alpha value is -3.58. The SMILES string of the molecule is C.COC1CCC(OC)O1.Cc1cc(C(F)(C(F)(F)F)C(F)(F)F)cc(C)c1-n1cccc1.Cc1cc(C(F)(C(F)(F)F)C(F)(F)F)cc(C)c1N. The Balaban J connectivity index is 0.000000419. The van der Waals surface area contributed by atoms with E-state index in [2.05, 4.69) is 0 Å². The molecule has 2 N–H and O–H groups in total. The van der Waals surface area contributed by atoms with Crippen molar-refractivity contribution in [3.63, 3.8) is 0 Å². The number of aryl methyl sites for hydroxylation is 4. The molecule has 296 valence electrons. The van der Waals surface area contributed by atoms with E-state index < -0.39 is 47.2 Å². The van der Waals surface area contributed by atoms with Gasteiger partial charge in [-0.15, -0.1) is 0 Å². The topological polar surface area (TPSA) is 58.6 Å². The van der Waals surface area contributed by atoms with Gasteiger partial charge in [-0.1, -0.05) is 31.7 Å². The van der Waals surface area contributed by atoms with Gasteiger partial charge < -0.3 is 24.5 Å². The first kappa shape index (κ1) is 46.4. The van der Waals surface area contributed by atoms with Crippen LogP contribution in [0, 0.1) is 27.7 Å². The van der Waals surface area contributed by atoms with Crippen LogP contribution >= 0.6 is 0 Å². The summed E-state index contributed by atoms with van der Waals surface area (Å²) in [4.78, 5) is 0. The summed E-state index contributed by atoms with van der Waals surface area (Å²) < 4.78 is 197. The minimum atomic E-state index is -6.11. The molecule has 0 amide bonds. The smallest absolute Gasteiger partial charge is 0.398 e. The summed E-state index contributed by atoms with van der Waals surface area (Å²) in [5, 5.41) is 0.